The van der Waals surface area contributed by atoms with Crippen LogP contribution in [0.25, 0.3) is 0 Å². The summed E-state index contributed by atoms with van der Waals surface area (Å²) in [6.07, 6.45) is 3.82. The van der Waals surface area contributed by atoms with Crippen molar-refractivity contribution in [3.05, 3.63) is 24.3 Å². The van der Waals surface area contributed by atoms with E-state index in [-0.39, 0.29) is 5.54 Å². The molecule has 2 fully saturated rings. The Morgan fingerprint density at radius 3 is 2.89 bits per heavy atom. The highest BCUT2D eigenvalue weighted by molar-refractivity contribution is 5.58. The maximum atomic E-state index is 6.06. The standard InChI is InChI=1S/C15H23N3O/c1-19-14-5-3-2-4-13(14)17-15(10-16)8-9-18(11-15)12-6-7-12/h2-5,12,17H,6-11,16H2,1H3. The first-order chi connectivity index (χ1) is 9.26. The summed E-state index contributed by atoms with van der Waals surface area (Å²) in [5.41, 5.74) is 7.11. The molecule has 1 aliphatic heterocycles. The Morgan fingerprint density at radius 2 is 2.21 bits per heavy atom. The van der Waals surface area contributed by atoms with Gasteiger partial charge in [0.1, 0.15) is 5.75 Å². The van der Waals surface area contributed by atoms with Gasteiger partial charge in [-0.15, -0.1) is 0 Å². The third-order valence-corrected chi connectivity index (χ3v) is 4.34. The molecule has 3 N–H and O–H groups in total. The van der Waals surface area contributed by atoms with Crippen LogP contribution in [-0.2, 0) is 0 Å². The summed E-state index contributed by atoms with van der Waals surface area (Å²) in [5.74, 6) is 0.889. The van der Waals surface area contributed by atoms with Crippen molar-refractivity contribution in [2.24, 2.45) is 5.73 Å². The van der Waals surface area contributed by atoms with Gasteiger partial charge in [0.15, 0.2) is 0 Å². The van der Waals surface area contributed by atoms with Crippen LogP contribution in [0.4, 0.5) is 5.69 Å². The van der Waals surface area contributed by atoms with Crippen molar-refractivity contribution in [1.29, 1.82) is 0 Å². The molecule has 4 heteroatoms. The van der Waals surface area contributed by atoms with Gasteiger partial charge < -0.3 is 15.8 Å². The molecule has 104 valence electrons. The molecule has 4 nitrogen and oxygen atoms in total. The van der Waals surface area contributed by atoms with Crippen LogP contribution in [0.2, 0.25) is 0 Å². The van der Waals surface area contributed by atoms with Gasteiger partial charge in [-0.3, -0.25) is 4.90 Å². The fourth-order valence-corrected chi connectivity index (χ4v) is 3.01. The first kappa shape index (κ1) is 12.8. The van der Waals surface area contributed by atoms with Gasteiger partial charge in [-0.25, -0.2) is 0 Å². The second-order valence-corrected chi connectivity index (χ2v) is 5.76. The Hall–Kier alpha value is -1.26. The molecule has 1 saturated heterocycles. The third kappa shape index (κ3) is 2.55. The second kappa shape index (κ2) is 5.02. The largest absolute Gasteiger partial charge is 0.495 e. The zero-order valence-corrected chi connectivity index (χ0v) is 11.6. The van der Waals surface area contributed by atoms with E-state index in [0.29, 0.717) is 6.54 Å². The van der Waals surface area contributed by atoms with Gasteiger partial charge in [0.25, 0.3) is 0 Å². The van der Waals surface area contributed by atoms with Crippen LogP contribution in [0.15, 0.2) is 24.3 Å². The van der Waals surface area contributed by atoms with E-state index >= 15 is 0 Å². The Bertz CT molecular complexity index is 447. The van der Waals surface area contributed by atoms with Crippen molar-refractivity contribution in [2.75, 3.05) is 32.1 Å². The summed E-state index contributed by atoms with van der Waals surface area (Å²) in [6, 6.07) is 8.89. The van der Waals surface area contributed by atoms with E-state index in [1.54, 1.807) is 7.11 Å². The molecule has 1 aliphatic carbocycles. The van der Waals surface area contributed by atoms with Crippen LogP contribution in [0.5, 0.6) is 5.75 Å². The van der Waals surface area contributed by atoms with E-state index in [1.807, 2.05) is 18.2 Å². The van der Waals surface area contributed by atoms with Gasteiger partial charge in [0, 0.05) is 25.7 Å². The van der Waals surface area contributed by atoms with Crippen LogP contribution >= 0.6 is 0 Å². The molecule has 2 aliphatic rings. The van der Waals surface area contributed by atoms with E-state index in [9.17, 15) is 0 Å². The van der Waals surface area contributed by atoms with E-state index < -0.39 is 0 Å². The van der Waals surface area contributed by atoms with Crippen molar-refractivity contribution in [1.82, 2.24) is 4.90 Å². The quantitative estimate of drug-likeness (QED) is 0.846. The summed E-state index contributed by atoms with van der Waals surface area (Å²) in [5, 5.41) is 3.64. The number of ether oxygens (including phenoxy) is 1. The maximum Gasteiger partial charge on any atom is 0.141 e. The fraction of sp³-hybridized carbons (Fsp3) is 0.600. The summed E-state index contributed by atoms with van der Waals surface area (Å²) in [6.45, 7) is 2.87. The fourth-order valence-electron chi connectivity index (χ4n) is 3.01. The van der Waals surface area contributed by atoms with Crippen molar-refractivity contribution >= 4 is 5.69 Å². The molecule has 0 radical (unpaired) electrons. The molecule has 1 heterocycles. The topological polar surface area (TPSA) is 50.5 Å². The highest BCUT2D eigenvalue weighted by Gasteiger charge is 2.42. The van der Waals surface area contributed by atoms with E-state index in [0.717, 1.165) is 37.0 Å². The van der Waals surface area contributed by atoms with Crippen molar-refractivity contribution in [3.63, 3.8) is 0 Å². The number of hydrogen-bond acceptors (Lipinski definition) is 4. The zero-order chi connectivity index (χ0) is 13.3. The third-order valence-electron chi connectivity index (χ3n) is 4.34. The monoisotopic (exact) mass is 261 g/mol. The number of rotatable bonds is 5. The molecule has 1 atom stereocenters. The number of nitrogens with one attached hydrogen (secondary N) is 1. The average Bonchev–Trinajstić information content (AvgIpc) is 3.22. The number of benzene rings is 1. The molecule has 1 saturated carbocycles. The lowest BCUT2D eigenvalue weighted by atomic mass is 9.98. The van der Waals surface area contributed by atoms with E-state index in [2.05, 4.69) is 16.3 Å². The molecule has 1 aromatic carbocycles. The highest BCUT2D eigenvalue weighted by atomic mass is 16.5. The summed E-state index contributed by atoms with van der Waals surface area (Å²) < 4.78 is 5.41. The first-order valence-corrected chi connectivity index (χ1v) is 7.12. The Labute approximate surface area is 114 Å². The molecule has 0 spiro atoms. The summed E-state index contributed by atoms with van der Waals surface area (Å²) in [7, 11) is 1.71. The predicted octanol–water partition coefficient (Wildman–Crippen LogP) is 1.67. The van der Waals surface area contributed by atoms with Crippen molar-refractivity contribution < 1.29 is 4.74 Å². The van der Waals surface area contributed by atoms with Gasteiger partial charge >= 0.3 is 0 Å². The van der Waals surface area contributed by atoms with Gasteiger partial charge in [0.2, 0.25) is 0 Å². The van der Waals surface area contributed by atoms with Gasteiger partial charge in [0.05, 0.1) is 18.3 Å². The number of nitrogens with two attached hydrogens (primary N) is 1. The zero-order valence-electron chi connectivity index (χ0n) is 11.6. The van der Waals surface area contributed by atoms with Crippen LogP contribution in [0, 0.1) is 0 Å². The average molecular weight is 261 g/mol. The number of nitrogens with zero attached hydrogens (tertiary/aromatic N) is 1. The number of para-hydroxylation sites is 2. The lowest BCUT2D eigenvalue weighted by Gasteiger charge is -2.31. The van der Waals surface area contributed by atoms with Gasteiger partial charge in [-0.1, -0.05) is 12.1 Å². The van der Waals surface area contributed by atoms with Gasteiger partial charge in [-0.2, -0.15) is 0 Å². The van der Waals surface area contributed by atoms with Crippen LogP contribution in [0.1, 0.15) is 19.3 Å². The summed E-state index contributed by atoms with van der Waals surface area (Å²) >= 11 is 0. The molecule has 3 rings (SSSR count). The molecule has 0 bridgehead atoms. The van der Waals surface area contributed by atoms with Crippen molar-refractivity contribution in [2.45, 2.75) is 30.8 Å². The van der Waals surface area contributed by atoms with Crippen molar-refractivity contribution in [3.8, 4) is 5.75 Å². The lowest BCUT2D eigenvalue weighted by molar-refractivity contribution is 0.309. The number of likely N-dealkylation sites (tertiary alicyclic amines) is 1. The second-order valence-electron chi connectivity index (χ2n) is 5.76. The molecular formula is C15H23N3O. The van der Waals surface area contributed by atoms with Crippen LogP contribution in [0.3, 0.4) is 0 Å². The lowest BCUT2D eigenvalue weighted by Crippen LogP contribution is -2.48. The number of methoxy groups -OCH3 is 1. The molecule has 1 unspecified atom stereocenters. The predicted molar refractivity (Wildman–Crippen MR) is 77.6 cm³/mol. The van der Waals surface area contributed by atoms with E-state index in [4.69, 9.17) is 10.5 Å². The minimum Gasteiger partial charge on any atom is -0.495 e. The van der Waals surface area contributed by atoms with Crippen LogP contribution in [-0.4, -0.2) is 43.2 Å². The minimum atomic E-state index is -0.00275. The summed E-state index contributed by atoms with van der Waals surface area (Å²) in [4.78, 5) is 2.58. The molecule has 0 amide bonds. The van der Waals surface area contributed by atoms with Gasteiger partial charge in [-0.05, 0) is 31.4 Å². The molecule has 0 aromatic heterocycles. The Balaban J connectivity index is 1.75. The first-order valence-electron chi connectivity index (χ1n) is 7.12. The number of anilines is 1. The Kier molecular flexibility index (Phi) is 3.37. The van der Waals surface area contributed by atoms with E-state index in [1.165, 1.54) is 12.8 Å². The minimum absolute atomic E-state index is 0.00275. The smallest absolute Gasteiger partial charge is 0.141 e. The molecule has 1 aromatic rings. The maximum absolute atomic E-state index is 6.06. The highest BCUT2D eigenvalue weighted by Crippen LogP contribution is 2.36. The number of hydrogen-bond donors (Lipinski definition) is 2. The molecule has 19 heavy (non-hydrogen) atoms. The molecular weight excluding hydrogens is 238 g/mol. The SMILES string of the molecule is COc1ccccc1NC1(CN)CCN(C2CC2)C1. The Morgan fingerprint density at radius 1 is 1.42 bits per heavy atom. The van der Waals surface area contributed by atoms with Crippen LogP contribution < -0.4 is 15.8 Å². The normalized spacial score (nSPS) is 27.5.